The molecule has 0 N–H and O–H groups in total. The molecule has 1 aromatic carbocycles. The average molecular weight is 261 g/mol. The molecule has 0 spiro atoms. The second kappa shape index (κ2) is 6.31. The summed E-state index contributed by atoms with van der Waals surface area (Å²) >= 11 is 1.72. The van der Waals surface area contributed by atoms with E-state index in [1.54, 1.807) is 32.2 Å². The molecule has 18 heavy (non-hydrogen) atoms. The van der Waals surface area contributed by atoms with E-state index in [9.17, 15) is 0 Å². The molecule has 0 aliphatic heterocycles. The lowest BCUT2D eigenvalue weighted by Crippen LogP contribution is -1.93. The van der Waals surface area contributed by atoms with E-state index in [0.29, 0.717) is 11.6 Å². The number of thioether (sulfide) groups is 1. The highest BCUT2D eigenvalue weighted by Gasteiger charge is 2.06. The summed E-state index contributed by atoms with van der Waals surface area (Å²) in [4.78, 5) is 5.28. The van der Waals surface area contributed by atoms with Crippen LogP contribution >= 0.6 is 11.8 Å². The van der Waals surface area contributed by atoms with Crippen molar-refractivity contribution in [1.82, 2.24) is 4.98 Å². The van der Waals surface area contributed by atoms with Crippen LogP contribution in [0.3, 0.4) is 0 Å². The lowest BCUT2D eigenvalue weighted by atomic mass is 10.2. The van der Waals surface area contributed by atoms with Gasteiger partial charge in [-0.1, -0.05) is 30.3 Å². The zero-order valence-electron chi connectivity index (χ0n) is 10.4. The van der Waals surface area contributed by atoms with Crippen molar-refractivity contribution in [3.8, 4) is 11.6 Å². The smallest absolute Gasteiger partial charge is 0.256 e. The fourth-order valence-electron chi connectivity index (χ4n) is 1.53. The third-order valence-electron chi connectivity index (χ3n) is 2.45. The van der Waals surface area contributed by atoms with Gasteiger partial charge in [-0.2, -0.15) is 0 Å². The molecule has 0 saturated carbocycles. The zero-order valence-corrected chi connectivity index (χ0v) is 11.2. The van der Waals surface area contributed by atoms with Crippen molar-refractivity contribution in [2.75, 3.05) is 14.2 Å². The van der Waals surface area contributed by atoms with Crippen LogP contribution in [-0.4, -0.2) is 19.2 Å². The maximum absolute atomic E-state index is 5.23. The largest absolute Gasteiger partial charge is 0.491 e. The van der Waals surface area contributed by atoms with Crippen LogP contribution in [0.2, 0.25) is 0 Å². The Morgan fingerprint density at radius 3 is 2.56 bits per heavy atom. The van der Waals surface area contributed by atoms with Crippen molar-refractivity contribution >= 4 is 11.8 Å². The number of nitrogens with zero attached hydrogens (tertiary/aromatic N) is 1. The second-order valence-electron chi connectivity index (χ2n) is 3.66. The van der Waals surface area contributed by atoms with Gasteiger partial charge in [0.1, 0.15) is 0 Å². The first-order chi connectivity index (χ1) is 8.83. The first kappa shape index (κ1) is 12.8. The van der Waals surface area contributed by atoms with Gasteiger partial charge in [0, 0.05) is 22.9 Å². The lowest BCUT2D eigenvalue weighted by Gasteiger charge is -2.08. The Hall–Kier alpha value is -1.68. The van der Waals surface area contributed by atoms with Gasteiger partial charge >= 0.3 is 0 Å². The summed E-state index contributed by atoms with van der Waals surface area (Å²) < 4.78 is 10.3. The Morgan fingerprint density at radius 1 is 1.11 bits per heavy atom. The Labute approximate surface area is 111 Å². The van der Waals surface area contributed by atoms with Crippen molar-refractivity contribution in [3.63, 3.8) is 0 Å². The first-order valence-electron chi connectivity index (χ1n) is 5.58. The number of methoxy groups -OCH3 is 2. The van der Waals surface area contributed by atoms with Gasteiger partial charge in [-0.15, -0.1) is 11.8 Å². The maximum Gasteiger partial charge on any atom is 0.256 e. The van der Waals surface area contributed by atoms with Gasteiger partial charge in [-0.3, -0.25) is 0 Å². The highest BCUT2D eigenvalue weighted by molar-refractivity contribution is 7.98. The molecule has 1 heterocycles. The number of aromatic nitrogens is 1. The van der Waals surface area contributed by atoms with E-state index in [0.717, 1.165) is 10.6 Å². The molecule has 0 radical (unpaired) electrons. The van der Waals surface area contributed by atoms with E-state index >= 15 is 0 Å². The SMILES string of the molecule is COc1cc(SCc2ccccc2)cnc1OC. The van der Waals surface area contributed by atoms with Gasteiger partial charge in [0.25, 0.3) is 5.88 Å². The molecular formula is C14H15NO2S. The Kier molecular flexibility index (Phi) is 4.47. The van der Waals surface area contributed by atoms with Crippen molar-refractivity contribution in [1.29, 1.82) is 0 Å². The number of rotatable bonds is 5. The van der Waals surface area contributed by atoms with Crippen LogP contribution in [-0.2, 0) is 5.75 Å². The number of pyridine rings is 1. The van der Waals surface area contributed by atoms with E-state index in [-0.39, 0.29) is 0 Å². The van der Waals surface area contributed by atoms with Gasteiger partial charge in [0.15, 0.2) is 5.75 Å². The Bertz CT molecular complexity index is 502. The molecule has 2 aromatic rings. The lowest BCUT2D eigenvalue weighted by molar-refractivity contribution is 0.341. The van der Waals surface area contributed by atoms with Gasteiger partial charge in [-0.05, 0) is 5.56 Å². The summed E-state index contributed by atoms with van der Waals surface area (Å²) in [7, 11) is 3.20. The van der Waals surface area contributed by atoms with Crippen molar-refractivity contribution < 1.29 is 9.47 Å². The predicted molar refractivity (Wildman–Crippen MR) is 73.3 cm³/mol. The summed E-state index contributed by atoms with van der Waals surface area (Å²) in [5.74, 6) is 2.09. The summed E-state index contributed by atoms with van der Waals surface area (Å²) in [5.41, 5.74) is 1.29. The zero-order chi connectivity index (χ0) is 12.8. The molecule has 0 fully saturated rings. The molecule has 0 aliphatic rings. The number of hydrogen-bond donors (Lipinski definition) is 0. The summed E-state index contributed by atoms with van der Waals surface area (Å²) in [5, 5.41) is 0. The van der Waals surface area contributed by atoms with Crippen LogP contribution in [0.5, 0.6) is 11.6 Å². The second-order valence-corrected chi connectivity index (χ2v) is 4.71. The molecule has 0 saturated heterocycles. The van der Waals surface area contributed by atoms with Crippen molar-refractivity contribution in [3.05, 3.63) is 48.2 Å². The molecule has 4 heteroatoms. The number of ether oxygens (including phenoxy) is 2. The van der Waals surface area contributed by atoms with Crippen LogP contribution in [0.4, 0.5) is 0 Å². The van der Waals surface area contributed by atoms with Gasteiger partial charge in [0.2, 0.25) is 0 Å². The number of hydrogen-bond acceptors (Lipinski definition) is 4. The van der Waals surface area contributed by atoms with Gasteiger partial charge in [0.05, 0.1) is 14.2 Å². The standard InChI is InChI=1S/C14H15NO2S/c1-16-13-8-12(9-15-14(13)17-2)18-10-11-6-4-3-5-7-11/h3-9H,10H2,1-2H3. The number of benzene rings is 1. The topological polar surface area (TPSA) is 31.4 Å². The average Bonchev–Trinajstić information content (AvgIpc) is 2.45. The molecule has 2 rings (SSSR count). The minimum absolute atomic E-state index is 0.515. The van der Waals surface area contributed by atoms with Crippen LogP contribution < -0.4 is 9.47 Å². The molecule has 0 amide bonds. The molecule has 0 atom stereocenters. The fraction of sp³-hybridized carbons (Fsp3) is 0.214. The molecule has 0 aliphatic carbocycles. The predicted octanol–water partition coefficient (Wildman–Crippen LogP) is 3.39. The van der Waals surface area contributed by atoms with Crippen molar-refractivity contribution in [2.45, 2.75) is 10.6 Å². The minimum atomic E-state index is 0.515. The van der Waals surface area contributed by atoms with E-state index in [1.807, 2.05) is 24.3 Å². The van der Waals surface area contributed by atoms with Crippen LogP contribution in [0.25, 0.3) is 0 Å². The summed E-state index contributed by atoms with van der Waals surface area (Å²) in [6.45, 7) is 0. The molecule has 3 nitrogen and oxygen atoms in total. The highest BCUT2D eigenvalue weighted by Crippen LogP contribution is 2.30. The molecule has 0 unspecified atom stereocenters. The van der Waals surface area contributed by atoms with E-state index in [1.165, 1.54) is 5.56 Å². The van der Waals surface area contributed by atoms with Crippen LogP contribution in [0.1, 0.15) is 5.56 Å². The maximum atomic E-state index is 5.23. The van der Waals surface area contributed by atoms with Crippen molar-refractivity contribution in [2.24, 2.45) is 0 Å². The third kappa shape index (κ3) is 3.17. The van der Waals surface area contributed by atoms with Gasteiger partial charge in [-0.25, -0.2) is 4.98 Å². The van der Waals surface area contributed by atoms with E-state index < -0.39 is 0 Å². The molecule has 1 aromatic heterocycles. The molecule has 0 bridgehead atoms. The monoisotopic (exact) mass is 261 g/mol. The van der Waals surface area contributed by atoms with Crippen LogP contribution in [0, 0.1) is 0 Å². The normalized spacial score (nSPS) is 10.1. The summed E-state index contributed by atoms with van der Waals surface area (Å²) in [6.07, 6.45) is 1.80. The van der Waals surface area contributed by atoms with E-state index in [4.69, 9.17) is 9.47 Å². The Balaban J connectivity index is 2.06. The highest BCUT2D eigenvalue weighted by atomic mass is 32.2. The third-order valence-corrected chi connectivity index (χ3v) is 3.49. The fourth-order valence-corrected chi connectivity index (χ4v) is 2.38. The van der Waals surface area contributed by atoms with Gasteiger partial charge < -0.3 is 9.47 Å². The quantitative estimate of drug-likeness (QED) is 0.772. The van der Waals surface area contributed by atoms with Crippen LogP contribution in [0.15, 0.2) is 47.5 Å². The molecular weight excluding hydrogens is 246 g/mol. The summed E-state index contributed by atoms with van der Waals surface area (Å²) in [6, 6.07) is 12.3. The van der Waals surface area contributed by atoms with E-state index in [2.05, 4.69) is 17.1 Å². The Morgan fingerprint density at radius 2 is 1.89 bits per heavy atom. The minimum Gasteiger partial charge on any atom is -0.491 e. The molecule has 94 valence electrons. The first-order valence-corrected chi connectivity index (χ1v) is 6.57.